The molecule has 3 rings (SSSR count). The summed E-state index contributed by atoms with van der Waals surface area (Å²) in [5.41, 5.74) is 2.77. The lowest BCUT2D eigenvalue weighted by Gasteiger charge is -2.34. The highest BCUT2D eigenvalue weighted by Crippen LogP contribution is 2.20. The van der Waals surface area contributed by atoms with Gasteiger partial charge in [-0.25, -0.2) is 4.98 Å². The lowest BCUT2D eigenvalue weighted by Crippen LogP contribution is -2.47. The smallest absolute Gasteiger partial charge is 0.245 e. The van der Waals surface area contributed by atoms with Crippen LogP contribution in [0, 0.1) is 6.92 Å². The molecule has 0 amide bonds. The molecule has 6 heteroatoms. The first kappa shape index (κ1) is 14.9. The second-order valence-corrected chi connectivity index (χ2v) is 5.46. The molecule has 0 radical (unpaired) electrons. The predicted molar refractivity (Wildman–Crippen MR) is 85.7 cm³/mol. The minimum absolute atomic E-state index is 0.211. The Morgan fingerprint density at radius 3 is 2.41 bits per heavy atom. The summed E-state index contributed by atoms with van der Waals surface area (Å²) in [6.45, 7) is 6.49. The molecule has 1 aliphatic rings. The number of aliphatic hydroxyl groups excluding tert-OH is 1. The van der Waals surface area contributed by atoms with Gasteiger partial charge in [-0.3, -0.25) is 4.90 Å². The summed E-state index contributed by atoms with van der Waals surface area (Å²) in [6.07, 6.45) is 0. The average molecular weight is 299 g/mol. The lowest BCUT2D eigenvalue weighted by atomic mass is 10.1. The van der Waals surface area contributed by atoms with Crippen molar-refractivity contribution in [1.29, 1.82) is 0 Å². The number of piperazine rings is 1. The minimum Gasteiger partial charge on any atom is -0.395 e. The third-order valence-electron chi connectivity index (χ3n) is 3.97. The standard InChI is InChI=1S/C16H21N5O/c1-13-15(14-5-3-2-4-6-14)18-19-16(17-13)21-9-7-20(8-10-21)11-12-22/h2-6,22H,7-12H2,1H3. The quantitative estimate of drug-likeness (QED) is 0.907. The second kappa shape index (κ2) is 6.81. The molecule has 2 aromatic rings. The Bertz CT molecular complexity index is 611. The van der Waals surface area contributed by atoms with E-state index in [1.165, 1.54) is 0 Å². The summed E-state index contributed by atoms with van der Waals surface area (Å²) in [5.74, 6) is 0.695. The van der Waals surface area contributed by atoms with Crippen LogP contribution in [-0.4, -0.2) is 64.5 Å². The molecule has 1 aliphatic heterocycles. The molecule has 0 bridgehead atoms. The highest BCUT2D eigenvalue weighted by Gasteiger charge is 2.19. The van der Waals surface area contributed by atoms with Crippen LogP contribution in [0.1, 0.15) is 5.69 Å². The molecular weight excluding hydrogens is 278 g/mol. The summed E-state index contributed by atoms with van der Waals surface area (Å²) in [7, 11) is 0. The van der Waals surface area contributed by atoms with Gasteiger partial charge in [-0.1, -0.05) is 30.3 Å². The van der Waals surface area contributed by atoms with Crippen LogP contribution in [0.4, 0.5) is 5.95 Å². The summed E-state index contributed by atoms with van der Waals surface area (Å²) >= 11 is 0. The number of nitrogens with zero attached hydrogens (tertiary/aromatic N) is 5. The topological polar surface area (TPSA) is 65.4 Å². The van der Waals surface area contributed by atoms with Gasteiger partial charge in [0.15, 0.2) is 0 Å². The third-order valence-corrected chi connectivity index (χ3v) is 3.97. The van der Waals surface area contributed by atoms with E-state index in [1.54, 1.807) is 0 Å². The van der Waals surface area contributed by atoms with Crippen molar-refractivity contribution in [3.8, 4) is 11.3 Å². The molecule has 0 unspecified atom stereocenters. The van der Waals surface area contributed by atoms with Crippen LogP contribution in [0.5, 0.6) is 0 Å². The van der Waals surface area contributed by atoms with Crippen molar-refractivity contribution in [2.45, 2.75) is 6.92 Å². The second-order valence-electron chi connectivity index (χ2n) is 5.46. The van der Waals surface area contributed by atoms with Gasteiger partial charge in [0.1, 0.15) is 5.69 Å². The zero-order valence-electron chi connectivity index (χ0n) is 12.8. The maximum absolute atomic E-state index is 8.99. The van der Waals surface area contributed by atoms with E-state index in [0.29, 0.717) is 5.95 Å². The monoisotopic (exact) mass is 299 g/mol. The van der Waals surface area contributed by atoms with E-state index in [4.69, 9.17) is 5.11 Å². The van der Waals surface area contributed by atoms with Crippen LogP contribution in [0.25, 0.3) is 11.3 Å². The van der Waals surface area contributed by atoms with Gasteiger partial charge in [-0.05, 0) is 6.92 Å². The van der Waals surface area contributed by atoms with Crippen molar-refractivity contribution in [3.05, 3.63) is 36.0 Å². The molecule has 22 heavy (non-hydrogen) atoms. The molecule has 0 saturated carbocycles. The Kier molecular flexibility index (Phi) is 4.60. The van der Waals surface area contributed by atoms with Crippen LogP contribution >= 0.6 is 0 Å². The largest absolute Gasteiger partial charge is 0.395 e. The minimum atomic E-state index is 0.211. The zero-order valence-corrected chi connectivity index (χ0v) is 12.8. The summed E-state index contributed by atoms with van der Waals surface area (Å²) in [4.78, 5) is 9.03. The molecule has 2 heterocycles. The summed E-state index contributed by atoms with van der Waals surface area (Å²) in [5, 5.41) is 17.7. The normalized spacial score (nSPS) is 16.0. The molecule has 0 atom stereocenters. The van der Waals surface area contributed by atoms with Gasteiger partial charge in [0, 0.05) is 38.3 Å². The van der Waals surface area contributed by atoms with Crippen molar-refractivity contribution >= 4 is 5.95 Å². The fourth-order valence-electron chi connectivity index (χ4n) is 2.70. The maximum Gasteiger partial charge on any atom is 0.245 e. The van der Waals surface area contributed by atoms with Gasteiger partial charge < -0.3 is 10.0 Å². The van der Waals surface area contributed by atoms with Gasteiger partial charge in [0.2, 0.25) is 5.95 Å². The number of anilines is 1. The van der Waals surface area contributed by atoms with E-state index in [-0.39, 0.29) is 6.61 Å². The van der Waals surface area contributed by atoms with E-state index >= 15 is 0 Å². The first-order valence-electron chi connectivity index (χ1n) is 7.63. The third kappa shape index (κ3) is 3.23. The maximum atomic E-state index is 8.99. The molecule has 1 N–H and O–H groups in total. The Labute approximate surface area is 130 Å². The number of aryl methyl sites for hydroxylation is 1. The fourth-order valence-corrected chi connectivity index (χ4v) is 2.70. The molecule has 116 valence electrons. The number of aliphatic hydroxyl groups is 1. The van der Waals surface area contributed by atoms with E-state index in [0.717, 1.165) is 49.7 Å². The van der Waals surface area contributed by atoms with Gasteiger partial charge >= 0.3 is 0 Å². The molecular formula is C16H21N5O. The molecule has 0 spiro atoms. The number of rotatable bonds is 4. The number of β-amino-alcohol motifs (C(OH)–C–C–N with tert-alkyl or cyclic N) is 1. The molecule has 0 aliphatic carbocycles. The number of benzene rings is 1. The molecule has 1 fully saturated rings. The van der Waals surface area contributed by atoms with Crippen molar-refractivity contribution in [1.82, 2.24) is 20.1 Å². The molecule has 1 aromatic carbocycles. The molecule has 6 nitrogen and oxygen atoms in total. The van der Waals surface area contributed by atoms with Gasteiger partial charge in [0.05, 0.1) is 12.3 Å². The van der Waals surface area contributed by atoms with Crippen LogP contribution in [0.15, 0.2) is 30.3 Å². The van der Waals surface area contributed by atoms with Crippen molar-refractivity contribution in [3.63, 3.8) is 0 Å². The molecule has 1 aromatic heterocycles. The Balaban J connectivity index is 1.73. The van der Waals surface area contributed by atoms with Crippen LogP contribution < -0.4 is 4.90 Å². The SMILES string of the molecule is Cc1nc(N2CCN(CCO)CC2)nnc1-c1ccccc1. The van der Waals surface area contributed by atoms with Crippen LogP contribution in [0.3, 0.4) is 0 Å². The number of aromatic nitrogens is 3. The Hall–Kier alpha value is -2.05. The van der Waals surface area contributed by atoms with Gasteiger partial charge in [-0.2, -0.15) is 0 Å². The number of hydrogen-bond donors (Lipinski definition) is 1. The average Bonchev–Trinajstić information content (AvgIpc) is 2.56. The predicted octanol–water partition coefficient (Wildman–Crippen LogP) is 0.961. The fraction of sp³-hybridized carbons (Fsp3) is 0.438. The Morgan fingerprint density at radius 2 is 1.77 bits per heavy atom. The first-order valence-corrected chi connectivity index (χ1v) is 7.63. The van der Waals surface area contributed by atoms with Crippen molar-refractivity contribution in [2.24, 2.45) is 0 Å². The Morgan fingerprint density at radius 1 is 1.05 bits per heavy atom. The summed E-state index contributed by atoms with van der Waals surface area (Å²) < 4.78 is 0. The number of hydrogen-bond acceptors (Lipinski definition) is 6. The summed E-state index contributed by atoms with van der Waals surface area (Å²) in [6, 6.07) is 10.0. The van der Waals surface area contributed by atoms with Gasteiger partial charge in [0.25, 0.3) is 0 Å². The van der Waals surface area contributed by atoms with Crippen LogP contribution in [0.2, 0.25) is 0 Å². The van der Waals surface area contributed by atoms with E-state index in [1.807, 2.05) is 37.3 Å². The van der Waals surface area contributed by atoms with E-state index in [2.05, 4.69) is 25.0 Å². The molecule has 1 saturated heterocycles. The van der Waals surface area contributed by atoms with Crippen molar-refractivity contribution in [2.75, 3.05) is 44.2 Å². The van der Waals surface area contributed by atoms with Crippen molar-refractivity contribution < 1.29 is 5.11 Å². The van der Waals surface area contributed by atoms with E-state index < -0.39 is 0 Å². The van der Waals surface area contributed by atoms with Gasteiger partial charge in [-0.15, -0.1) is 10.2 Å². The first-order chi connectivity index (χ1) is 10.8. The van der Waals surface area contributed by atoms with Crippen LogP contribution in [-0.2, 0) is 0 Å². The van der Waals surface area contributed by atoms with E-state index in [9.17, 15) is 0 Å². The lowest BCUT2D eigenvalue weighted by molar-refractivity contribution is 0.188. The zero-order chi connectivity index (χ0) is 15.4. The highest BCUT2D eigenvalue weighted by atomic mass is 16.3. The highest BCUT2D eigenvalue weighted by molar-refractivity contribution is 5.61.